The van der Waals surface area contributed by atoms with Crippen molar-refractivity contribution in [2.45, 2.75) is 64.5 Å². The van der Waals surface area contributed by atoms with Crippen LogP contribution >= 0.6 is 0 Å². The zero-order valence-corrected chi connectivity index (χ0v) is 12.4. The summed E-state index contributed by atoms with van der Waals surface area (Å²) in [6.07, 6.45) is 6.19. The number of nitrogens with two attached hydrogens (primary N) is 1. The van der Waals surface area contributed by atoms with Gasteiger partial charge in [-0.3, -0.25) is 0 Å². The molecule has 3 rings (SSSR count). The van der Waals surface area contributed by atoms with Crippen LogP contribution in [0.5, 0.6) is 0 Å². The van der Waals surface area contributed by atoms with Gasteiger partial charge < -0.3 is 10.5 Å². The van der Waals surface area contributed by atoms with Crippen molar-refractivity contribution in [2.24, 2.45) is 28.4 Å². The van der Waals surface area contributed by atoms with Gasteiger partial charge in [-0.2, -0.15) is 5.26 Å². The van der Waals surface area contributed by atoms with E-state index in [2.05, 4.69) is 26.8 Å². The minimum absolute atomic E-state index is 0.261. The summed E-state index contributed by atoms with van der Waals surface area (Å²) in [4.78, 5) is 0. The van der Waals surface area contributed by atoms with Crippen LogP contribution in [0.4, 0.5) is 0 Å². The summed E-state index contributed by atoms with van der Waals surface area (Å²) in [5, 5.41) is 9.31. The molecule has 0 aromatic rings. The van der Waals surface area contributed by atoms with Gasteiger partial charge >= 0.3 is 0 Å². The second kappa shape index (κ2) is 3.96. The summed E-state index contributed by atoms with van der Waals surface area (Å²) in [5.74, 6) is 1.13. The molecule has 3 heteroatoms. The van der Waals surface area contributed by atoms with Crippen molar-refractivity contribution in [3.8, 4) is 6.07 Å². The van der Waals surface area contributed by atoms with Gasteiger partial charge in [-0.1, -0.05) is 20.8 Å². The number of fused-ring (bicyclic) bond motifs is 2. The molecule has 3 nitrogen and oxygen atoms in total. The Labute approximate surface area is 116 Å². The van der Waals surface area contributed by atoms with Gasteiger partial charge in [0.2, 0.25) is 0 Å². The van der Waals surface area contributed by atoms with Crippen LogP contribution in [0.3, 0.4) is 0 Å². The minimum atomic E-state index is -0.748. The van der Waals surface area contributed by atoms with E-state index in [4.69, 9.17) is 10.5 Å². The van der Waals surface area contributed by atoms with E-state index in [9.17, 15) is 5.26 Å². The topological polar surface area (TPSA) is 59.0 Å². The van der Waals surface area contributed by atoms with Gasteiger partial charge in [-0.25, -0.2) is 0 Å². The monoisotopic (exact) mass is 262 g/mol. The lowest BCUT2D eigenvalue weighted by atomic mass is 9.70. The SMILES string of the molecule is CC1(C)C2CCC1(C)C(OCC(N)(C#N)C1CC1)C2. The van der Waals surface area contributed by atoms with E-state index >= 15 is 0 Å². The summed E-state index contributed by atoms with van der Waals surface area (Å²) in [7, 11) is 0. The summed E-state index contributed by atoms with van der Waals surface area (Å²) in [5.41, 5.74) is 6.08. The number of nitriles is 1. The van der Waals surface area contributed by atoms with Crippen molar-refractivity contribution in [1.29, 1.82) is 5.26 Å². The van der Waals surface area contributed by atoms with Crippen LogP contribution in [0.2, 0.25) is 0 Å². The Balaban J connectivity index is 1.68. The maximum atomic E-state index is 9.31. The molecule has 0 aliphatic heterocycles. The zero-order valence-electron chi connectivity index (χ0n) is 12.4. The molecule has 106 valence electrons. The molecule has 0 saturated heterocycles. The highest BCUT2D eigenvalue weighted by Crippen LogP contribution is 2.66. The third kappa shape index (κ3) is 1.76. The van der Waals surface area contributed by atoms with Crippen molar-refractivity contribution in [3.63, 3.8) is 0 Å². The molecule has 2 N–H and O–H groups in total. The minimum Gasteiger partial charge on any atom is -0.375 e. The van der Waals surface area contributed by atoms with E-state index in [1.165, 1.54) is 12.8 Å². The van der Waals surface area contributed by atoms with Crippen LogP contribution in [-0.2, 0) is 4.74 Å². The molecule has 0 heterocycles. The predicted octanol–water partition coefficient (Wildman–Crippen LogP) is 2.85. The molecule has 19 heavy (non-hydrogen) atoms. The van der Waals surface area contributed by atoms with E-state index in [0.29, 0.717) is 17.9 Å². The number of rotatable bonds is 4. The molecule has 4 atom stereocenters. The fourth-order valence-electron chi connectivity index (χ4n) is 4.46. The smallest absolute Gasteiger partial charge is 0.130 e. The Morgan fingerprint density at radius 2 is 2.00 bits per heavy atom. The maximum absolute atomic E-state index is 9.31. The number of nitrogens with zero attached hydrogens (tertiary/aromatic N) is 1. The van der Waals surface area contributed by atoms with Gasteiger partial charge in [-0.05, 0) is 54.8 Å². The van der Waals surface area contributed by atoms with E-state index in [0.717, 1.165) is 25.2 Å². The predicted molar refractivity (Wildman–Crippen MR) is 74.2 cm³/mol. The lowest BCUT2D eigenvalue weighted by Gasteiger charge is -2.39. The standard InChI is InChI=1S/C16H26N2O/c1-14(2)12-6-7-15(14,3)13(8-12)19-10-16(18,9-17)11-4-5-11/h11-13H,4-8,10,18H2,1-3H3. The fraction of sp³-hybridized carbons (Fsp3) is 0.938. The van der Waals surface area contributed by atoms with Gasteiger partial charge in [0.05, 0.1) is 18.8 Å². The van der Waals surface area contributed by atoms with E-state index < -0.39 is 5.54 Å². The van der Waals surface area contributed by atoms with Crippen LogP contribution < -0.4 is 5.73 Å². The van der Waals surface area contributed by atoms with Crippen LogP contribution in [0.25, 0.3) is 0 Å². The van der Waals surface area contributed by atoms with Crippen molar-refractivity contribution in [1.82, 2.24) is 0 Å². The van der Waals surface area contributed by atoms with Crippen LogP contribution in [0.15, 0.2) is 0 Å². The Morgan fingerprint density at radius 1 is 1.32 bits per heavy atom. The Bertz CT molecular complexity index is 423. The maximum Gasteiger partial charge on any atom is 0.130 e. The van der Waals surface area contributed by atoms with Crippen molar-refractivity contribution in [3.05, 3.63) is 0 Å². The molecule has 0 spiro atoms. The number of ether oxygens (including phenoxy) is 1. The molecule has 3 aliphatic rings. The van der Waals surface area contributed by atoms with Gasteiger partial charge in [-0.15, -0.1) is 0 Å². The van der Waals surface area contributed by atoms with Crippen LogP contribution in [-0.4, -0.2) is 18.2 Å². The Hall–Kier alpha value is -0.590. The Morgan fingerprint density at radius 3 is 2.42 bits per heavy atom. The molecule has 0 radical (unpaired) electrons. The van der Waals surface area contributed by atoms with Gasteiger partial charge in [0.1, 0.15) is 5.54 Å². The van der Waals surface area contributed by atoms with Gasteiger partial charge in [0.25, 0.3) is 0 Å². The lowest BCUT2D eigenvalue weighted by Crippen LogP contribution is -2.48. The first-order valence-corrected chi connectivity index (χ1v) is 7.65. The quantitative estimate of drug-likeness (QED) is 0.847. The van der Waals surface area contributed by atoms with Crippen LogP contribution in [0, 0.1) is 34.0 Å². The first kappa shape index (κ1) is 13.4. The third-order valence-electron chi connectivity index (χ3n) is 6.75. The molecule has 0 amide bonds. The van der Waals surface area contributed by atoms with Gasteiger partial charge in [0, 0.05) is 0 Å². The van der Waals surface area contributed by atoms with E-state index in [1.54, 1.807) is 0 Å². The summed E-state index contributed by atoms with van der Waals surface area (Å²) < 4.78 is 6.19. The molecular weight excluding hydrogens is 236 g/mol. The third-order valence-corrected chi connectivity index (χ3v) is 6.75. The molecule has 3 fully saturated rings. The summed E-state index contributed by atoms with van der Waals surface area (Å²) in [6.45, 7) is 7.55. The molecule has 0 aromatic carbocycles. The highest BCUT2D eigenvalue weighted by molar-refractivity contribution is 5.15. The molecule has 3 saturated carbocycles. The highest BCUT2D eigenvalue weighted by Gasteiger charge is 2.62. The molecule has 0 aromatic heterocycles. The fourth-order valence-corrected chi connectivity index (χ4v) is 4.46. The van der Waals surface area contributed by atoms with Gasteiger partial charge in [0.15, 0.2) is 0 Å². The molecular formula is C16H26N2O. The first-order chi connectivity index (χ1) is 8.83. The summed E-state index contributed by atoms with van der Waals surface area (Å²) in [6, 6.07) is 2.29. The van der Waals surface area contributed by atoms with E-state index in [1.807, 2.05) is 0 Å². The van der Waals surface area contributed by atoms with Crippen LogP contribution in [0.1, 0.15) is 52.9 Å². The van der Waals surface area contributed by atoms with Crippen molar-refractivity contribution < 1.29 is 4.74 Å². The molecule has 3 aliphatic carbocycles. The average molecular weight is 262 g/mol. The average Bonchev–Trinajstić information content (AvgIpc) is 3.16. The molecule has 4 unspecified atom stereocenters. The lowest BCUT2D eigenvalue weighted by molar-refractivity contribution is -0.0591. The Kier molecular flexibility index (Phi) is 2.79. The number of hydrogen-bond acceptors (Lipinski definition) is 3. The zero-order chi connectivity index (χ0) is 13.9. The first-order valence-electron chi connectivity index (χ1n) is 7.65. The second-order valence-electron chi connectivity index (χ2n) is 7.84. The van der Waals surface area contributed by atoms with Crippen molar-refractivity contribution >= 4 is 0 Å². The normalized spacial score (nSPS) is 42.9. The molecule has 2 bridgehead atoms. The number of hydrogen-bond donors (Lipinski definition) is 1. The second-order valence-corrected chi connectivity index (χ2v) is 7.84. The van der Waals surface area contributed by atoms with E-state index in [-0.39, 0.29) is 11.5 Å². The largest absolute Gasteiger partial charge is 0.375 e. The summed E-state index contributed by atoms with van der Waals surface area (Å²) >= 11 is 0. The van der Waals surface area contributed by atoms with Crippen molar-refractivity contribution in [2.75, 3.05) is 6.61 Å². The highest BCUT2D eigenvalue weighted by atomic mass is 16.5.